The first-order valence-electron chi connectivity index (χ1n) is 9.15. The molecule has 0 spiro atoms. The summed E-state index contributed by atoms with van der Waals surface area (Å²) in [4.78, 5) is 36.8. The highest BCUT2D eigenvalue weighted by Crippen LogP contribution is 2.26. The second-order valence-corrected chi connectivity index (χ2v) is 6.79. The molecule has 0 saturated heterocycles. The third-order valence-electron chi connectivity index (χ3n) is 4.73. The SMILES string of the molecule is Cc1ccccc1-c1c(C(=O)NC(Cc2ccccc2)C(=O)C(N)=O)cnn1C. The number of hydrogen-bond acceptors (Lipinski definition) is 4. The quantitative estimate of drug-likeness (QED) is 0.600. The molecule has 3 rings (SSSR count). The largest absolute Gasteiger partial charge is 0.363 e. The standard InChI is InChI=1S/C22H22N4O3/c1-14-8-6-7-11-16(14)19-17(13-24-26(19)2)22(29)25-18(20(27)21(23)28)12-15-9-4-3-5-10-15/h3-11,13,18H,12H2,1-2H3,(H2,23,28)(H,25,29). The van der Waals surface area contributed by atoms with Crippen molar-refractivity contribution >= 4 is 17.6 Å². The zero-order valence-corrected chi connectivity index (χ0v) is 16.3. The predicted octanol–water partition coefficient (Wildman–Crippen LogP) is 1.79. The monoisotopic (exact) mass is 390 g/mol. The van der Waals surface area contributed by atoms with Gasteiger partial charge in [-0.15, -0.1) is 0 Å². The normalized spacial score (nSPS) is 11.7. The molecule has 0 bridgehead atoms. The van der Waals surface area contributed by atoms with Crippen LogP contribution in [0.25, 0.3) is 11.3 Å². The molecule has 0 radical (unpaired) electrons. The fourth-order valence-corrected chi connectivity index (χ4v) is 3.23. The molecule has 3 N–H and O–H groups in total. The molecule has 0 aliphatic carbocycles. The summed E-state index contributed by atoms with van der Waals surface area (Å²) in [5.41, 5.74) is 8.79. The predicted molar refractivity (Wildman–Crippen MR) is 109 cm³/mol. The van der Waals surface area contributed by atoms with Crippen LogP contribution in [0.5, 0.6) is 0 Å². The Labute approximate surface area is 168 Å². The number of nitrogens with zero attached hydrogens (tertiary/aromatic N) is 2. The van der Waals surface area contributed by atoms with Crippen LogP contribution in [-0.4, -0.2) is 33.4 Å². The summed E-state index contributed by atoms with van der Waals surface area (Å²) in [7, 11) is 1.74. The van der Waals surface area contributed by atoms with Crippen molar-refractivity contribution in [3.63, 3.8) is 0 Å². The first kappa shape index (κ1) is 20.0. The van der Waals surface area contributed by atoms with E-state index in [1.54, 1.807) is 11.7 Å². The van der Waals surface area contributed by atoms with Gasteiger partial charge in [-0.05, 0) is 18.1 Å². The van der Waals surface area contributed by atoms with Crippen LogP contribution in [0.2, 0.25) is 0 Å². The van der Waals surface area contributed by atoms with Gasteiger partial charge in [0.15, 0.2) is 0 Å². The maximum Gasteiger partial charge on any atom is 0.287 e. The number of nitrogens with two attached hydrogens (primary N) is 1. The van der Waals surface area contributed by atoms with Crippen LogP contribution < -0.4 is 11.1 Å². The van der Waals surface area contributed by atoms with E-state index in [1.165, 1.54) is 6.20 Å². The van der Waals surface area contributed by atoms with Crippen LogP contribution in [0.4, 0.5) is 0 Å². The Bertz CT molecular complexity index is 1060. The fourth-order valence-electron chi connectivity index (χ4n) is 3.23. The molecule has 0 saturated carbocycles. The summed E-state index contributed by atoms with van der Waals surface area (Å²) in [6.45, 7) is 1.94. The van der Waals surface area contributed by atoms with Crippen molar-refractivity contribution < 1.29 is 14.4 Å². The highest BCUT2D eigenvalue weighted by atomic mass is 16.2. The molecule has 2 aromatic carbocycles. The number of Topliss-reactive ketones (excluding diaryl/α,β-unsaturated/α-hetero) is 1. The Balaban J connectivity index is 1.92. The number of ketones is 1. The van der Waals surface area contributed by atoms with Gasteiger partial charge in [0.25, 0.3) is 11.8 Å². The minimum Gasteiger partial charge on any atom is -0.363 e. The molecule has 29 heavy (non-hydrogen) atoms. The minimum atomic E-state index is -1.09. The third-order valence-corrected chi connectivity index (χ3v) is 4.73. The van der Waals surface area contributed by atoms with E-state index in [0.29, 0.717) is 11.3 Å². The summed E-state index contributed by atoms with van der Waals surface area (Å²) in [5.74, 6) is -2.42. The second kappa shape index (κ2) is 8.52. The molecule has 1 aromatic heterocycles. The van der Waals surface area contributed by atoms with E-state index < -0.39 is 23.6 Å². The zero-order chi connectivity index (χ0) is 21.0. The Morgan fingerprint density at radius 3 is 2.38 bits per heavy atom. The molecule has 7 heteroatoms. The number of rotatable bonds is 7. The number of primary amides is 1. The lowest BCUT2D eigenvalue weighted by Crippen LogP contribution is -2.47. The van der Waals surface area contributed by atoms with Crippen LogP contribution in [0.3, 0.4) is 0 Å². The molecule has 0 aliphatic rings. The number of benzene rings is 2. The average Bonchev–Trinajstić information content (AvgIpc) is 3.09. The smallest absolute Gasteiger partial charge is 0.287 e. The van der Waals surface area contributed by atoms with Crippen LogP contribution in [0.1, 0.15) is 21.5 Å². The lowest BCUT2D eigenvalue weighted by molar-refractivity contribution is -0.137. The Hall–Kier alpha value is -3.74. The molecule has 0 fully saturated rings. The average molecular weight is 390 g/mol. The van der Waals surface area contributed by atoms with E-state index in [-0.39, 0.29) is 6.42 Å². The molecule has 1 atom stereocenters. The van der Waals surface area contributed by atoms with Gasteiger partial charge in [0.05, 0.1) is 17.5 Å². The summed E-state index contributed by atoms with van der Waals surface area (Å²) < 4.78 is 1.61. The topological polar surface area (TPSA) is 107 Å². The Morgan fingerprint density at radius 1 is 1.07 bits per heavy atom. The van der Waals surface area contributed by atoms with Crippen molar-refractivity contribution in [1.29, 1.82) is 0 Å². The van der Waals surface area contributed by atoms with Gasteiger partial charge in [-0.2, -0.15) is 5.10 Å². The van der Waals surface area contributed by atoms with Crippen LogP contribution in [0, 0.1) is 6.92 Å². The van der Waals surface area contributed by atoms with Gasteiger partial charge in [-0.25, -0.2) is 0 Å². The molecule has 0 aliphatic heterocycles. The highest BCUT2D eigenvalue weighted by Gasteiger charge is 2.28. The molecular weight excluding hydrogens is 368 g/mol. The van der Waals surface area contributed by atoms with E-state index in [1.807, 2.05) is 61.5 Å². The number of aryl methyl sites for hydroxylation is 2. The molecule has 2 amide bonds. The summed E-state index contributed by atoms with van der Waals surface area (Å²) in [5, 5.41) is 6.87. The first-order chi connectivity index (χ1) is 13.9. The number of nitrogens with one attached hydrogen (secondary N) is 1. The van der Waals surface area contributed by atoms with Gasteiger partial charge in [-0.1, -0.05) is 54.6 Å². The maximum atomic E-state index is 13.0. The van der Waals surface area contributed by atoms with Crippen molar-refractivity contribution in [2.24, 2.45) is 12.8 Å². The van der Waals surface area contributed by atoms with Gasteiger partial charge in [0, 0.05) is 19.0 Å². The van der Waals surface area contributed by atoms with E-state index in [4.69, 9.17) is 5.73 Å². The van der Waals surface area contributed by atoms with Gasteiger partial charge in [0.2, 0.25) is 5.78 Å². The van der Waals surface area contributed by atoms with E-state index in [9.17, 15) is 14.4 Å². The van der Waals surface area contributed by atoms with Crippen molar-refractivity contribution in [1.82, 2.24) is 15.1 Å². The van der Waals surface area contributed by atoms with E-state index >= 15 is 0 Å². The number of hydrogen-bond donors (Lipinski definition) is 2. The molecule has 7 nitrogen and oxygen atoms in total. The number of carbonyl (C=O) groups is 3. The van der Waals surface area contributed by atoms with Gasteiger partial charge >= 0.3 is 0 Å². The second-order valence-electron chi connectivity index (χ2n) is 6.79. The summed E-state index contributed by atoms with van der Waals surface area (Å²) in [6, 6.07) is 15.7. The van der Waals surface area contributed by atoms with Crippen molar-refractivity contribution in [3.8, 4) is 11.3 Å². The molecule has 3 aromatic rings. The maximum absolute atomic E-state index is 13.0. The fraction of sp³-hybridized carbons (Fsp3) is 0.182. The third kappa shape index (κ3) is 4.40. The number of carbonyl (C=O) groups excluding carboxylic acids is 3. The van der Waals surface area contributed by atoms with Crippen molar-refractivity contribution in [2.75, 3.05) is 0 Å². The van der Waals surface area contributed by atoms with E-state index in [0.717, 1.165) is 16.7 Å². The Kier molecular flexibility index (Phi) is 5.87. The van der Waals surface area contributed by atoms with Crippen molar-refractivity contribution in [3.05, 3.63) is 77.5 Å². The van der Waals surface area contributed by atoms with Crippen molar-refractivity contribution in [2.45, 2.75) is 19.4 Å². The number of aromatic nitrogens is 2. The van der Waals surface area contributed by atoms with Crippen LogP contribution >= 0.6 is 0 Å². The molecule has 1 heterocycles. The van der Waals surface area contributed by atoms with Gasteiger partial charge < -0.3 is 11.1 Å². The molecular formula is C22H22N4O3. The Morgan fingerprint density at radius 2 is 1.72 bits per heavy atom. The van der Waals surface area contributed by atoms with Gasteiger partial charge in [0.1, 0.15) is 6.04 Å². The van der Waals surface area contributed by atoms with Gasteiger partial charge in [-0.3, -0.25) is 19.1 Å². The summed E-state index contributed by atoms with van der Waals surface area (Å²) >= 11 is 0. The number of amides is 2. The first-order valence-corrected chi connectivity index (χ1v) is 9.15. The van der Waals surface area contributed by atoms with Crippen LogP contribution in [0.15, 0.2) is 60.8 Å². The highest BCUT2D eigenvalue weighted by molar-refractivity contribution is 6.38. The summed E-state index contributed by atoms with van der Waals surface area (Å²) in [6.07, 6.45) is 1.61. The lowest BCUT2D eigenvalue weighted by atomic mass is 10.00. The zero-order valence-electron chi connectivity index (χ0n) is 16.3. The van der Waals surface area contributed by atoms with E-state index in [2.05, 4.69) is 10.4 Å². The molecule has 1 unspecified atom stereocenters. The molecule has 148 valence electrons. The van der Waals surface area contributed by atoms with Crippen LogP contribution in [-0.2, 0) is 23.1 Å². The minimum absolute atomic E-state index is 0.161. The lowest BCUT2D eigenvalue weighted by Gasteiger charge is -2.17.